The lowest BCUT2D eigenvalue weighted by Crippen LogP contribution is -2.35. The summed E-state index contributed by atoms with van der Waals surface area (Å²) in [5.41, 5.74) is -0.278. The van der Waals surface area contributed by atoms with Gasteiger partial charge in [0, 0.05) is 5.56 Å². The Morgan fingerprint density at radius 2 is 2.04 bits per heavy atom. The van der Waals surface area contributed by atoms with E-state index in [2.05, 4.69) is 10.3 Å². The minimum absolute atomic E-state index is 0.0131. The van der Waals surface area contributed by atoms with E-state index in [9.17, 15) is 18.0 Å². The smallest absolute Gasteiger partial charge is 0.431 e. The quantitative estimate of drug-likeness (QED) is 0.670. The number of aromatic nitrogens is 2. The molecule has 1 N–H and O–H groups in total. The van der Waals surface area contributed by atoms with Crippen LogP contribution in [0.2, 0.25) is 0 Å². The minimum Gasteiger partial charge on any atom is -0.472 e. The van der Waals surface area contributed by atoms with Crippen LogP contribution in [-0.2, 0) is 9.53 Å². The summed E-state index contributed by atoms with van der Waals surface area (Å²) in [5, 5.41) is 2.30. The van der Waals surface area contributed by atoms with Crippen LogP contribution < -0.4 is 5.32 Å². The van der Waals surface area contributed by atoms with Gasteiger partial charge in [-0.1, -0.05) is 12.1 Å². The van der Waals surface area contributed by atoms with Crippen molar-refractivity contribution in [2.45, 2.75) is 32.2 Å². The summed E-state index contributed by atoms with van der Waals surface area (Å²) in [6.07, 6.45) is -2.74. The largest absolute Gasteiger partial charge is 0.472 e. The number of ether oxygens (including phenoxy) is 1. The van der Waals surface area contributed by atoms with Crippen LogP contribution >= 0.6 is 0 Å². The Balaban J connectivity index is 2.02. The van der Waals surface area contributed by atoms with Crippen molar-refractivity contribution in [3.05, 3.63) is 59.7 Å². The number of esters is 1. The second-order valence-corrected chi connectivity index (χ2v) is 6.62. The second kappa shape index (κ2) is 6.43. The fourth-order valence-corrected chi connectivity index (χ4v) is 3.30. The number of benzene rings is 1. The van der Waals surface area contributed by atoms with E-state index in [1.807, 2.05) is 0 Å². The molecule has 9 heteroatoms. The number of anilines is 1. The molecule has 1 aliphatic heterocycles. The maximum atomic E-state index is 13.9. The molecular weight excluding hydrogens is 375 g/mol. The standard InChI is InChI=1S/C19H16F3N3O3/c1-10(2)28-17(26)14-15(11-7-8-27-9-11)25-13-6-4-3-5-12(13)23-18(25)24-16(14)19(20,21)22/h3-10,15H,1-2H3,(H,23,24). The van der Waals surface area contributed by atoms with Gasteiger partial charge in [-0.3, -0.25) is 4.57 Å². The van der Waals surface area contributed by atoms with Crippen molar-refractivity contribution >= 4 is 23.0 Å². The number of nitrogens with one attached hydrogen (secondary N) is 1. The van der Waals surface area contributed by atoms with Crippen molar-refractivity contribution in [2.24, 2.45) is 0 Å². The molecule has 6 nitrogen and oxygen atoms in total. The highest BCUT2D eigenvalue weighted by Gasteiger charge is 2.47. The van der Waals surface area contributed by atoms with Crippen LogP contribution in [-0.4, -0.2) is 27.8 Å². The monoisotopic (exact) mass is 391 g/mol. The third-order valence-corrected chi connectivity index (χ3v) is 4.34. The molecule has 1 unspecified atom stereocenters. The molecule has 0 bridgehead atoms. The van der Waals surface area contributed by atoms with Gasteiger partial charge in [-0.15, -0.1) is 0 Å². The molecule has 1 aliphatic rings. The molecule has 146 valence electrons. The molecule has 0 spiro atoms. The predicted octanol–water partition coefficient (Wildman–Crippen LogP) is 4.41. The van der Waals surface area contributed by atoms with E-state index in [-0.39, 0.29) is 5.95 Å². The first-order valence-corrected chi connectivity index (χ1v) is 8.56. The van der Waals surface area contributed by atoms with Gasteiger partial charge in [0.15, 0.2) is 0 Å². The summed E-state index contributed by atoms with van der Waals surface area (Å²) in [5.74, 6) is -1.06. The molecule has 3 aromatic rings. The van der Waals surface area contributed by atoms with E-state index in [1.54, 1.807) is 42.7 Å². The first-order valence-electron chi connectivity index (χ1n) is 8.56. The maximum absolute atomic E-state index is 13.9. The van der Waals surface area contributed by atoms with E-state index in [0.717, 1.165) is 0 Å². The number of hydrogen-bond acceptors (Lipinski definition) is 5. The molecule has 0 fully saturated rings. The molecule has 4 rings (SSSR count). The highest BCUT2D eigenvalue weighted by Crippen LogP contribution is 2.44. The van der Waals surface area contributed by atoms with Gasteiger partial charge in [-0.2, -0.15) is 13.2 Å². The molecule has 0 amide bonds. The van der Waals surface area contributed by atoms with E-state index in [0.29, 0.717) is 16.6 Å². The summed E-state index contributed by atoms with van der Waals surface area (Å²) in [6.45, 7) is 3.15. The topological polar surface area (TPSA) is 69.3 Å². The number of nitrogens with zero attached hydrogens (tertiary/aromatic N) is 2. The molecule has 0 saturated carbocycles. The highest BCUT2D eigenvalue weighted by molar-refractivity contribution is 5.94. The Morgan fingerprint density at radius 3 is 2.68 bits per heavy atom. The lowest BCUT2D eigenvalue weighted by Gasteiger charge is -2.31. The number of allylic oxidation sites excluding steroid dienone is 1. The van der Waals surface area contributed by atoms with Crippen LogP contribution in [0.15, 0.2) is 58.5 Å². The van der Waals surface area contributed by atoms with Crippen LogP contribution in [0.3, 0.4) is 0 Å². The molecule has 3 heterocycles. The second-order valence-electron chi connectivity index (χ2n) is 6.62. The summed E-state index contributed by atoms with van der Waals surface area (Å²) in [6, 6.07) is 7.31. The molecule has 28 heavy (non-hydrogen) atoms. The van der Waals surface area contributed by atoms with Crippen LogP contribution in [0.5, 0.6) is 0 Å². The zero-order valence-corrected chi connectivity index (χ0v) is 14.9. The molecule has 0 radical (unpaired) electrons. The van der Waals surface area contributed by atoms with Gasteiger partial charge in [0.2, 0.25) is 5.95 Å². The van der Waals surface area contributed by atoms with Gasteiger partial charge >= 0.3 is 12.1 Å². The van der Waals surface area contributed by atoms with Crippen molar-refractivity contribution in [1.29, 1.82) is 0 Å². The Hall–Kier alpha value is -3.23. The van der Waals surface area contributed by atoms with E-state index in [1.165, 1.54) is 18.6 Å². The van der Waals surface area contributed by atoms with Crippen LogP contribution in [0.1, 0.15) is 25.5 Å². The van der Waals surface area contributed by atoms with E-state index < -0.39 is 35.6 Å². The number of halogens is 3. The fraction of sp³-hybridized carbons (Fsp3) is 0.263. The summed E-state index contributed by atoms with van der Waals surface area (Å²) in [7, 11) is 0. The fourth-order valence-electron chi connectivity index (χ4n) is 3.30. The number of hydrogen-bond donors (Lipinski definition) is 1. The molecule has 2 aromatic heterocycles. The third-order valence-electron chi connectivity index (χ3n) is 4.34. The summed E-state index contributed by atoms with van der Waals surface area (Å²) >= 11 is 0. The molecule has 0 saturated heterocycles. The van der Waals surface area contributed by atoms with Gasteiger partial charge in [-0.05, 0) is 32.0 Å². The third kappa shape index (κ3) is 2.92. The minimum atomic E-state index is -4.81. The molecule has 1 aromatic carbocycles. The lowest BCUT2D eigenvalue weighted by atomic mass is 9.96. The molecular formula is C19H16F3N3O3. The summed E-state index contributed by atoms with van der Waals surface area (Å²) in [4.78, 5) is 17.0. The first kappa shape index (κ1) is 18.1. The Labute approximate surface area is 157 Å². The van der Waals surface area contributed by atoms with Crippen LogP contribution in [0.25, 0.3) is 11.0 Å². The Bertz CT molecular complexity index is 1070. The van der Waals surface area contributed by atoms with Crippen molar-refractivity contribution in [3.8, 4) is 0 Å². The Kier molecular flexibility index (Phi) is 4.17. The number of carbonyl (C=O) groups is 1. The van der Waals surface area contributed by atoms with Gasteiger partial charge < -0.3 is 14.5 Å². The number of alkyl halides is 3. The SMILES string of the molecule is CC(C)OC(=O)C1=C(C(F)(F)F)Nc2nc3ccccc3n2C1c1ccoc1. The summed E-state index contributed by atoms with van der Waals surface area (Å²) < 4.78 is 53.4. The predicted molar refractivity (Wildman–Crippen MR) is 94.5 cm³/mol. The first-order chi connectivity index (χ1) is 13.3. The maximum Gasteiger partial charge on any atom is 0.431 e. The van der Waals surface area contributed by atoms with Crippen molar-refractivity contribution in [1.82, 2.24) is 9.55 Å². The number of carbonyl (C=O) groups excluding carboxylic acids is 1. The van der Waals surface area contributed by atoms with Crippen LogP contribution in [0.4, 0.5) is 19.1 Å². The van der Waals surface area contributed by atoms with Crippen molar-refractivity contribution in [3.63, 3.8) is 0 Å². The van der Waals surface area contributed by atoms with Crippen molar-refractivity contribution in [2.75, 3.05) is 5.32 Å². The number of para-hydroxylation sites is 2. The average Bonchev–Trinajstić information content (AvgIpc) is 3.26. The number of fused-ring (bicyclic) bond motifs is 3. The number of imidazole rings is 1. The number of rotatable bonds is 3. The zero-order valence-electron chi connectivity index (χ0n) is 14.9. The van der Waals surface area contributed by atoms with Crippen molar-refractivity contribution < 1.29 is 27.1 Å². The van der Waals surface area contributed by atoms with E-state index in [4.69, 9.17) is 9.15 Å². The van der Waals surface area contributed by atoms with Gasteiger partial charge in [0.05, 0.1) is 41.3 Å². The zero-order chi connectivity index (χ0) is 20.1. The average molecular weight is 391 g/mol. The normalized spacial score (nSPS) is 17.0. The Morgan fingerprint density at radius 1 is 1.29 bits per heavy atom. The van der Waals surface area contributed by atoms with Gasteiger partial charge in [-0.25, -0.2) is 9.78 Å². The van der Waals surface area contributed by atoms with E-state index >= 15 is 0 Å². The van der Waals surface area contributed by atoms with Gasteiger partial charge in [0.25, 0.3) is 0 Å². The van der Waals surface area contributed by atoms with Crippen LogP contribution in [0, 0.1) is 0 Å². The highest BCUT2D eigenvalue weighted by atomic mass is 19.4. The molecule has 1 atom stereocenters. The number of furan rings is 1. The molecule has 0 aliphatic carbocycles. The lowest BCUT2D eigenvalue weighted by molar-refractivity contribution is -0.144. The van der Waals surface area contributed by atoms with Gasteiger partial charge in [0.1, 0.15) is 5.70 Å².